The third-order valence-corrected chi connectivity index (χ3v) is 8.45. The molecule has 40 heavy (non-hydrogen) atoms. The summed E-state index contributed by atoms with van der Waals surface area (Å²) in [4.78, 5) is 29.4. The molecule has 3 aromatic carbocycles. The van der Waals surface area contributed by atoms with Crippen LogP contribution in [0.2, 0.25) is 0 Å². The van der Waals surface area contributed by atoms with Crippen molar-refractivity contribution in [2.45, 2.75) is 45.3 Å². The van der Waals surface area contributed by atoms with Crippen molar-refractivity contribution in [1.29, 1.82) is 0 Å². The molecular formula is C30H37BrN4O4S. The first-order valence-electron chi connectivity index (χ1n) is 12.9. The molecule has 8 nitrogen and oxygen atoms in total. The number of nitrogens with one attached hydrogen (secondary N) is 1. The van der Waals surface area contributed by atoms with Gasteiger partial charge in [0.1, 0.15) is 12.6 Å². The van der Waals surface area contributed by atoms with Crippen molar-refractivity contribution in [3.8, 4) is 0 Å². The lowest BCUT2D eigenvalue weighted by atomic mass is 10.0. The smallest absolute Gasteiger partial charge is 0.304 e. The first kappa shape index (κ1) is 31.3. The standard InChI is InChI=1S/C30H37BrN4O4S/c1-30(2,3)32-29(37)27(20-23-12-8-6-9-13-23)34(21-24-16-18-25(31)19-17-24)28(36)22-35(40(38,39)33(4)5)26-14-10-7-11-15-26/h6-19,27H,20-22H2,1-5H3,(H,32,37)/t27-/m1/s1. The fraction of sp³-hybridized carbons (Fsp3) is 0.333. The van der Waals surface area contributed by atoms with Gasteiger partial charge in [0.15, 0.2) is 0 Å². The predicted octanol–water partition coefficient (Wildman–Crippen LogP) is 4.62. The third kappa shape index (κ3) is 8.64. The van der Waals surface area contributed by atoms with Crippen molar-refractivity contribution in [2.24, 2.45) is 0 Å². The fourth-order valence-electron chi connectivity index (χ4n) is 4.10. The fourth-order valence-corrected chi connectivity index (χ4v) is 5.42. The van der Waals surface area contributed by atoms with Gasteiger partial charge < -0.3 is 10.2 Å². The van der Waals surface area contributed by atoms with E-state index in [1.807, 2.05) is 75.4 Å². The molecule has 0 fully saturated rings. The van der Waals surface area contributed by atoms with Crippen molar-refractivity contribution in [3.05, 3.63) is 101 Å². The van der Waals surface area contributed by atoms with Crippen LogP contribution in [0.4, 0.5) is 5.69 Å². The lowest BCUT2D eigenvalue weighted by molar-refractivity contribution is -0.140. The number of rotatable bonds is 11. The third-order valence-electron chi connectivity index (χ3n) is 6.10. The van der Waals surface area contributed by atoms with E-state index in [9.17, 15) is 18.0 Å². The van der Waals surface area contributed by atoms with E-state index in [0.29, 0.717) is 5.69 Å². The zero-order valence-electron chi connectivity index (χ0n) is 23.5. The molecule has 0 aliphatic rings. The summed E-state index contributed by atoms with van der Waals surface area (Å²) < 4.78 is 29.8. The molecule has 10 heteroatoms. The second kappa shape index (κ2) is 13.4. The van der Waals surface area contributed by atoms with Crippen LogP contribution in [0.25, 0.3) is 0 Å². The summed E-state index contributed by atoms with van der Waals surface area (Å²) in [5.74, 6) is -0.814. The Bertz CT molecular complexity index is 1380. The van der Waals surface area contributed by atoms with E-state index < -0.39 is 34.2 Å². The van der Waals surface area contributed by atoms with Gasteiger partial charge in [-0.05, 0) is 56.2 Å². The van der Waals surface area contributed by atoms with Crippen molar-refractivity contribution in [3.63, 3.8) is 0 Å². The molecule has 1 N–H and O–H groups in total. The summed E-state index contributed by atoms with van der Waals surface area (Å²) in [6, 6.07) is 24.6. The maximum atomic E-state index is 14.2. The first-order valence-corrected chi connectivity index (χ1v) is 15.1. The second-order valence-corrected chi connectivity index (χ2v) is 13.7. The van der Waals surface area contributed by atoms with Gasteiger partial charge in [-0.2, -0.15) is 12.7 Å². The van der Waals surface area contributed by atoms with Gasteiger partial charge in [-0.3, -0.25) is 9.59 Å². The minimum atomic E-state index is -4.02. The second-order valence-electron chi connectivity index (χ2n) is 10.7. The molecule has 3 rings (SSSR count). The molecule has 0 aliphatic heterocycles. The average molecular weight is 630 g/mol. The van der Waals surface area contributed by atoms with E-state index in [-0.39, 0.29) is 18.9 Å². The SMILES string of the molecule is CN(C)S(=O)(=O)N(CC(=O)N(Cc1ccc(Br)cc1)[C@H](Cc1ccccc1)C(=O)NC(C)(C)C)c1ccccc1. The lowest BCUT2D eigenvalue weighted by Gasteiger charge is -2.35. The van der Waals surface area contributed by atoms with Gasteiger partial charge in [-0.1, -0.05) is 76.6 Å². The summed E-state index contributed by atoms with van der Waals surface area (Å²) in [7, 11) is -1.18. The highest BCUT2D eigenvalue weighted by Crippen LogP contribution is 2.22. The van der Waals surface area contributed by atoms with Crippen LogP contribution in [0.5, 0.6) is 0 Å². The van der Waals surface area contributed by atoms with Crippen molar-refractivity contribution in [2.75, 3.05) is 24.9 Å². The molecule has 0 spiro atoms. The Balaban J connectivity index is 2.09. The van der Waals surface area contributed by atoms with E-state index in [0.717, 1.165) is 24.2 Å². The number of hydrogen-bond donors (Lipinski definition) is 1. The van der Waals surface area contributed by atoms with Crippen LogP contribution in [0.15, 0.2) is 89.4 Å². The van der Waals surface area contributed by atoms with Gasteiger partial charge >= 0.3 is 10.2 Å². The van der Waals surface area contributed by atoms with Crippen LogP contribution in [0.3, 0.4) is 0 Å². The molecule has 1 atom stereocenters. The number of amides is 2. The molecule has 0 aromatic heterocycles. The topological polar surface area (TPSA) is 90.0 Å². The maximum Gasteiger partial charge on any atom is 0.304 e. The zero-order chi connectivity index (χ0) is 29.5. The maximum absolute atomic E-state index is 14.2. The molecule has 2 amide bonds. The molecule has 0 heterocycles. The number of halogens is 1. The monoisotopic (exact) mass is 628 g/mol. The van der Waals surface area contributed by atoms with E-state index in [4.69, 9.17) is 0 Å². The lowest BCUT2D eigenvalue weighted by Crippen LogP contribution is -2.56. The van der Waals surface area contributed by atoms with Crippen LogP contribution in [-0.2, 0) is 32.8 Å². The number of para-hydroxylation sites is 1. The molecule has 0 radical (unpaired) electrons. The minimum absolute atomic E-state index is 0.117. The summed E-state index contributed by atoms with van der Waals surface area (Å²) in [6.07, 6.45) is 0.261. The van der Waals surface area contributed by atoms with Crippen molar-refractivity contribution in [1.82, 2.24) is 14.5 Å². The van der Waals surface area contributed by atoms with Gasteiger partial charge in [0.05, 0.1) is 5.69 Å². The highest BCUT2D eigenvalue weighted by molar-refractivity contribution is 9.10. The van der Waals surface area contributed by atoms with E-state index >= 15 is 0 Å². The molecule has 0 unspecified atom stereocenters. The Morgan fingerprint density at radius 2 is 1.40 bits per heavy atom. The Labute approximate surface area is 246 Å². The van der Waals surface area contributed by atoms with Crippen LogP contribution in [0.1, 0.15) is 31.9 Å². The van der Waals surface area contributed by atoms with Gasteiger partial charge in [0, 0.05) is 37.1 Å². The Morgan fingerprint density at radius 3 is 1.93 bits per heavy atom. The number of nitrogens with zero attached hydrogens (tertiary/aromatic N) is 3. The summed E-state index contributed by atoms with van der Waals surface area (Å²) in [5, 5.41) is 3.02. The number of carbonyl (C=O) groups excluding carboxylic acids is 2. The molecule has 0 bridgehead atoms. The summed E-state index contributed by atoms with van der Waals surface area (Å²) in [6.45, 7) is 5.28. The Kier molecular flexibility index (Phi) is 10.5. The molecule has 214 valence electrons. The first-order chi connectivity index (χ1) is 18.8. The van der Waals surface area contributed by atoms with Gasteiger partial charge in [-0.25, -0.2) is 4.31 Å². The van der Waals surface area contributed by atoms with E-state index in [1.54, 1.807) is 30.3 Å². The molecule has 0 saturated carbocycles. The number of carbonyl (C=O) groups is 2. The van der Waals surface area contributed by atoms with Crippen LogP contribution in [-0.4, -0.2) is 61.7 Å². The van der Waals surface area contributed by atoms with Crippen LogP contribution in [0, 0.1) is 0 Å². The van der Waals surface area contributed by atoms with Crippen LogP contribution < -0.4 is 9.62 Å². The number of anilines is 1. The molecule has 3 aromatic rings. The largest absolute Gasteiger partial charge is 0.350 e. The number of benzene rings is 3. The number of hydrogen-bond acceptors (Lipinski definition) is 4. The van der Waals surface area contributed by atoms with Crippen molar-refractivity contribution >= 4 is 43.6 Å². The van der Waals surface area contributed by atoms with E-state index in [1.165, 1.54) is 19.0 Å². The van der Waals surface area contributed by atoms with Crippen LogP contribution >= 0.6 is 15.9 Å². The van der Waals surface area contributed by atoms with Crippen molar-refractivity contribution < 1.29 is 18.0 Å². The normalized spacial score (nSPS) is 12.6. The molecular weight excluding hydrogens is 592 g/mol. The summed E-state index contributed by atoms with van der Waals surface area (Å²) in [5.41, 5.74) is 1.50. The summed E-state index contributed by atoms with van der Waals surface area (Å²) >= 11 is 3.44. The minimum Gasteiger partial charge on any atom is -0.350 e. The van der Waals surface area contributed by atoms with Gasteiger partial charge in [0.25, 0.3) is 0 Å². The Hall–Kier alpha value is -3.21. The molecule has 0 aliphatic carbocycles. The quantitative estimate of drug-likeness (QED) is 0.336. The highest BCUT2D eigenvalue weighted by atomic mass is 79.9. The van der Waals surface area contributed by atoms with Gasteiger partial charge in [0.2, 0.25) is 11.8 Å². The van der Waals surface area contributed by atoms with E-state index in [2.05, 4.69) is 21.2 Å². The predicted molar refractivity (Wildman–Crippen MR) is 163 cm³/mol. The zero-order valence-corrected chi connectivity index (χ0v) is 25.9. The molecule has 0 saturated heterocycles. The van der Waals surface area contributed by atoms with Gasteiger partial charge in [-0.15, -0.1) is 0 Å². The Morgan fingerprint density at radius 1 is 0.850 bits per heavy atom. The average Bonchev–Trinajstić information content (AvgIpc) is 2.90. The highest BCUT2D eigenvalue weighted by Gasteiger charge is 2.35.